The number of rotatable bonds is 2. The number of carbonyl (C=O) groups is 1. The molecule has 0 bridgehead atoms. The molecule has 2 aromatic heterocycles. The van der Waals surface area contributed by atoms with Crippen molar-refractivity contribution < 1.29 is 4.79 Å². The van der Waals surface area contributed by atoms with Crippen LogP contribution >= 0.6 is 22.7 Å². The molecule has 19 heavy (non-hydrogen) atoms. The number of thiazole rings is 1. The first-order valence-electron chi connectivity index (χ1n) is 6.00. The summed E-state index contributed by atoms with van der Waals surface area (Å²) < 4.78 is 3.23. The summed E-state index contributed by atoms with van der Waals surface area (Å²) in [7, 11) is 0. The number of nitrogens with zero attached hydrogens (tertiary/aromatic N) is 2. The van der Waals surface area contributed by atoms with E-state index in [0.717, 1.165) is 21.6 Å². The molecule has 2 heterocycles. The minimum absolute atomic E-state index is 0.163. The molecule has 0 atom stereocenters. The summed E-state index contributed by atoms with van der Waals surface area (Å²) in [4.78, 5) is 17.8. The molecule has 0 radical (unpaired) electrons. The number of thiophene rings is 1. The Morgan fingerprint density at radius 1 is 1.26 bits per heavy atom. The van der Waals surface area contributed by atoms with Crippen molar-refractivity contribution in [1.29, 1.82) is 0 Å². The van der Waals surface area contributed by atoms with Crippen LogP contribution in [0.5, 0.6) is 0 Å². The van der Waals surface area contributed by atoms with Gasteiger partial charge in [-0.1, -0.05) is 29.5 Å². The lowest BCUT2D eigenvalue weighted by Crippen LogP contribution is -2.15. The van der Waals surface area contributed by atoms with E-state index in [2.05, 4.69) is 28.6 Å². The number of hydrogen-bond acceptors (Lipinski definition) is 3. The van der Waals surface area contributed by atoms with Gasteiger partial charge in [0.2, 0.25) is 0 Å². The highest BCUT2D eigenvalue weighted by molar-refractivity contribution is 7.16. The maximum absolute atomic E-state index is 12.1. The van der Waals surface area contributed by atoms with Crippen LogP contribution in [0, 0.1) is 0 Å². The molecule has 3 nitrogen and oxygen atoms in total. The third-order valence-electron chi connectivity index (χ3n) is 2.83. The van der Waals surface area contributed by atoms with E-state index < -0.39 is 0 Å². The van der Waals surface area contributed by atoms with Crippen molar-refractivity contribution in [1.82, 2.24) is 4.57 Å². The number of amides is 1. The molecule has 1 amide bonds. The number of benzene rings is 1. The average Bonchev–Trinajstić information content (AvgIpc) is 3.05. The topological polar surface area (TPSA) is 34.4 Å². The van der Waals surface area contributed by atoms with Gasteiger partial charge in [0.05, 0.1) is 15.1 Å². The van der Waals surface area contributed by atoms with E-state index in [0.29, 0.717) is 4.88 Å². The van der Waals surface area contributed by atoms with Crippen LogP contribution in [-0.2, 0) is 6.54 Å². The van der Waals surface area contributed by atoms with Crippen LogP contribution in [0.2, 0.25) is 0 Å². The third kappa shape index (κ3) is 2.27. The van der Waals surface area contributed by atoms with Gasteiger partial charge in [0, 0.05) is 6.54 Å². The van der Waals surface area contributed by atoms with Crippen LogP contribution in [0.3, 0.4) is 0 Å². The summed E-state index contributed by atoms with van der Waals surface area (Å²) in [6.07, 6.45) is 0. The fourth-order valence-corrected chi connectivity index (χ4v) is 3.65. The van der Waals surface area contributed by atoms with Crippen LogP contribution in [0.15, 0.2) is 46.8 Å². The van der Waals surface area contributed by atoms with Crippen molar-refractivity contribution in [3.8, 4) is 0 Å². The minimum atomic E-state index is -0.163. The van der Waals surface area contributed by atoms with Gasteiger partial charge in [-0.2, -0.15) is 4.99 Å². The predicted octanol–water partition coefficient (Wildman–Crippen LogP) is 3.53. The molecule has 0 saturated carbocycles. The first-order chi connectivity index (χ1) is 9.29. The molecular weight excluding hydrogens is 276 g/mol. The molecule has 3 rings (SSSR count). The van der Waals surface area contributed by atoms with Crippen LogP contribution in [0.1, 0.15) is 16.6 Å². The first kappa shape index (κ1) is 12.3. The quantitative estimate of drug-likeness (QED) is 0.710. The maximum atomic E-state index is 12.1. The number of carbonyl (C=O) groups excluding carboxylic acids is 1. The highest BCUT2D eigenvalue weighted by Gasteiger charge is 2.08. The van der Waals surface area contributed by atoms with Crippen molar-refractivity contribution in [3.05, 3.63) is 51.5 Å². The molecule has 0 aliphatic rings. The second-order valence-corrected chi connectivity index (χ2v) is 5.95. The zero-order chi connectivity index (χ0) is 13.2. The Labute approximate surface area is 118 Å². The number of fused-ring (bicyclic) bond motifs is 1. The van der Waals surface area contributed by atoms with E-state index in [1.54, 1.807) is 17.4 Å². The van der Waals surface area contributed by atoms with Gasteiger partial charge in [-0.15, -0.1) is 11.3 Å². The number of hydrogen-bond donors (Lipinski definition) is 0. The maximum Gasteiger partial charge on any atom is 0.289 e. The average molecular weight is 288 g/mol. The predicted molar refractivity (Wildman–Crippen MR) is 79.7 cm³/mol. The van der Waals surface area contributed by atoms with Crippen LogP contribution in [-0.4, -0.2) is 10.5 Å². The Hall–Kier alpha value is -1.72. The Bertz CT molecular complexity index is 781. The van der Waals surface area contributed by atoms with Crippen molar-refractivity contribution in [2.45, 2.75) is 13.5 Å². The van der Waals surface area contributed by atoms with E-state index in [-0.39, 0.29) is 5.91 Å². The Balaban J connectivity index is 2.17. The Kier molecular flexibility index (Phi) is 3.31. The van der Waals surface area contributed by atoms with Crippen molar-refractivity contribution >= 4 is 38.8 Å². The lowest BCUT2D eigenvalue weighted by atomic mass is 10.3. The molecule has 0 aliphatic carbocycles. The van der Waals surface area contributed by atoms with Gasteiger partial charge >= 0.3 is 0 Å². The molecule has 3 aromatic rings. The van der Waals surface area contributed by atoms with Gasteiger partial charge in [-0.05, 0) is 30.5 Å². The molecule has 0 N–H and O–H groups in total. The zero-order valence-electron chi connectivity index (χ0n) is 10.4. The standard InChI is InChI=1S/C14H12N2OS2/c1-2-16-10-6-3-4-7-11(10)19-14(16)15-13(17)12-8-5-9-18-12/h3-9H,2H2,1H3. The van der Waals surface area contributed by atoms with Crippen molar-refractivity contribution in [2.75, 3.05) is 0 Å². The summed E-state index contributed by atoms with van der Waals surface area (Å²) in [6, 6.07) is 11.8. The van der Waals surface area contributed by atoms with E-state index >= 15 is 0 Å². The summed E-state index contributed by atoms with van der Waals surface area (Å²) in [6.45, 7) is 2.87. The number of aromatic nitrogens is 1. The SMILES string of the molecule is CCn1c(=NC(=O)c2cccs2)sc2ccccc21. The molecule has 0 spiro atoms. The lowest BCUT2D eigenvalue weighted by molar-refractivity contribution is 0.100. The molecule has 0 aliphatic heterocycles. The molecule has 5 heteroatoms. The summed E-state index contributed by atoms with van der Waals surface area (Å²) in [5, 5.41) is 1.89. The Morgan fingerprint density at radius 3 is 2.84 bits per heavy atom. The van der Waals surface area contributed by atoms with Crippen molar-refractivity contribution in [2.24, 2.45) is 4.99 Å². The zero-order valence-corrected chi connectivity index (χ0v) is 12.0. The van der Waals surface area contributed by atoms with Crippen molar-refractivity contribution in [3.63, 3.8) is 0 Å². The number of para-hydroxylation sites is 1. The van der Waals surface area contributed by atoms with Crippen LogP contribution in [0.4, 0.5) is 0 Å². The smallest absolute Gasteiger partial charge is 0.289 e. The summed E-state index contributed by atoms with van der Waals surface area (Å²) in [5.74, 6) is -0.163. The summed E-state index contributed by atoms with van der Waals surface area (Å²) in [5.41, 5.74) is 1.13. The number of aryl methyl sites for hydroxylation is 1. The summed E-state index contributed by atoms with van der Waals surface area (Å²) >= 11 is 2.98. The second kappa shape index (κ2) is 5.11. The van der Waals surface area contributed by atoms with Gasteiger partial charge < -0.3 is 4.57 Å². The highest BCUT2D eigenvalue weighted by Crippen LogP contribution is 2.17. The fourth-order valence-electron chi connectivity index (χ4n) is 1.95. The van der Waals surface area contributed by atoms with Gasteiger partial charge in [-0.3, -0.25) is 4.79 Å². The minimum Gasteiger partial charge on any atom is -0.317 e. The highest BCUT2D eigenvalue weighted by atomic mass is 32.1. The molecule has 0 fully saturated rings. The van der Waals surface area contributed by atoms with Gasteiger partial charge in [0.1, 0.15) is 0 Å². The molecule has 0 unspecified atom stereocenters. The normalized spacial score (nSPS) is 12.2. The monoisotopic (exact) mass is 288 g/mol. The largest absolute Gasteiger partial charge is 0.317 e. The molecule has 96 valence electrons. The second-order valence-electron chi connectivity index (χ2n) is 3.99. The van der Waals surface area contributed by atoms with Crippen LogP contribution in [0.25, 0.3) is 10.2 Å². The van der Waals surface area contributed by atoms with Gasteiger partial charge in [-0.25, -0.2) is 0 Å². The van der Waals surface area contributed by atoms with E-state index in [9.17, 15) is 4.79 Å². The third-order valence-corrected chi connectivity index (χ3v) is 4.75. The van der Waals surface area contributed by atoms with Crippen LogP contribution < -0.4 is 4.80 Å². The fraction of sp³-hybridized carbons (Fsp3) is 0.143. The first-order valence-corrected chi connectivity index (χ1v) is 7.70. The van der Waals surface area contributed by atoms with E-state index in [4.69, 9.17) is 0 Å². The Morgan fingerprint density at radius 2 is 2.11 bits per heavy atom. The molecular formula is C14H12N2OS2. The van der Waals surface area contributed by atoms with E-state index in [1.165, 1.54) is 11.3 Å². The molecule has 0 saturated heterocycles. The molecule has 1 aromatic carbocycles. The van der Waals surface area contributed by atoms with Gasteiger partial charge in [0.15, 0.2) is 4.80 Å². The van der Waals surface area contributed by atoms with E-state index in [1.807, 2.05) is 23.6 Å². The lowest BCUT2D eigenvalue weighted by Gasteiger charge is -1.98. The van der Waals surface area contributed by atoms with Gasteiger partial charge in [0.25, 0.3) is 5.91 Å².